The van der Waals surface area contributed by atoms with Gasteiger partial charge in [0.25, 0.3) is 5.91 Å². The van der Waals surface area contributed by atoms with Crippen molar-refractivity contribution in [1.82, 2.24) is 5.43 Å². The first-order valence-corrected chi connectivity index (χ1v) is 9.53. The molecule has 0 aliphatic rings. The quantitative estimate of drug-likeness (QED) is 0.400. The van der Waals surface area contributed by atoms with Gasteiger partial charge in [-0.1, -0.05) is 59.6 Å². The molecule has 148 valence electrons. The number of carbonyl (C=O) groups excluding carboxylic acids is 1. The zero-order valence-electron chi connectivity index (χ0n) is 15.3. The molecule has 0 spiro atoms. The fourth-order valence-corrected chi connectivity index (χ4v) is 2.70. The molecule has 0 unspecified atom stereocenters. The Labute approximate surface area is 178 Å². The topological polar surface area (TPSA) is 59.9 Å². The minimum Gasteiger partial charge on any atom is -0.488 e. The van der Waals surface area contributed by atoms with Crippen LogP contribution in [0.25, 0.3) is 0 Å². The maximum atomic E-state index is 11.9. The Balaban J connectivity index is 1.54. The van der Waals surface area contributed by atoms with Gasteiger partial charge in [0.15, 0.2) is 6.61 Å². The Bertz CT molecular complexity index is 994. The minimum absolute atomic E-state index is 0.128. The first-order chi connectivity index (χ1) is 14.1. The van der Waals surface area contributed by atoms with Gasteiger partial charge in [-0.15, -0.1) is 0 Å². The smallest absolute Gasteiger partial charge is 0.277 e. The van der Waals surface area contributed by atoms with Gasteiger partial charge in [-0.05, 0) is 42.0 Å². The number of nitrogens with zero attached hydrogens (tertiary/aromatic N) is 1. The maximum Gasteiger partial charge on any atom is 0.277 e. The second-order valence-electron chi connectivity index (χ2n) is 5.97. The predicted molar refractivity (Wildman–Crippen MR) is 115 cm³/mol. The third-order valence-electron chi connectivity index (χ3n) is 3.80. The number of halogens is 2. The summed E-state index contributed by atoms with van der Waals surface area (Å²) in [6.07, 6.45) is 1.52. The van der Waals surface area contributed by atoms with Crippen molar-refractivity contribution in [2.24, 2.45) is 5.10 Å². The number of amides is 1. The standard InChI is InChI=1S/C22H18Cl2N2O3/c23-19-11-10-16(12-20(19)24)14-29-21-9-5-4-6-17(21)13-25-26-22(27)15-28-18-7-2-1-3-8-18/h1-13H,14-15H2,(H,26,27). The lowest BCUT2D eigenvalue weighted by Crippen LogP contribution is -2.24. The van der Waals surface area contributed by atoms with E-state index in [2.05, 4.69) is 10.5 Å². The Morgan fingerprint density at radius 1 is 0.931 bits per heavy atom. The summed E-state index contributed by atoms with van der Waals surface area (Å²) in [5.74, 6) is 0.879. The molecule has 0 aliphatic heterocycles. The van der Waals surface area contributed by atoms with Gasteiger partial charge in [-0.2, -0.15) is 5.10 Å². The van der Waals surface area contributed by atoms with Gasteiger partial charge in [0.05, 0.1) is 16.3 Å². The summed E-state index contributed by atoms with van der Waals surface area (Å²) < 4.78 is 11.2. The van der Waals surface area contributed by atoms with E-state index in [0.717, 1.165) is 11.1 Å². The first kappa shape index (κ1) is 20.7. The summed E-state index contributed by atoms with van der Waals surface area (Å²) in [6.45, 7) is 0.190. The van der Waals surface area contributed by atoms with Crippen molar-refractivity contribution in [2.75, 3.05) is 6.61 Å². The highest BCUT2D eigenvalue weighted by atomic mass is 35.5. The SMILES string of the molecule is O=C(COc1ccccc1)NN=Cc1ccccc1OCc1ccc(Cl)c(Cl)c1. The average molecular weight is 429 g/mol. The van der Waals surface area contributed by atoms with Crippen molar-refractivity contribution in [3.8, 4) is 11.5 Å². The molecule has 1 N–H and O–H groups in total. The fraction of sp³-hybridized carbons (Fsp3) is 0.0909. The van der Waals surface area contributed by atoms with E-state index in [0.29, 0.717) is 28.2 Å². The van der Waals surface area contributed by atoms with Crippen LogP contribution >= 0.6 is 23.2 Å². The number of hydrazone groups is 1. The number of rotatable bonds is 8. The molecular formula is C22H18Cl2N2O3. The Hall–Kier alpha value is -3.02. The normalized spacial score (nSPS) is 10.7. The van der Waals surface area contributed by atoms with Crippen molar-refractivity contribution >= 4 is 35.3 Å². The van der Waals surface area contributed by atoms with Crippen molar-refractivity contribution in [3.63, 3.8) is 0 Å². The zero-order valence-corrected chi connectivity index (χ0v) is 16.9. The molecule has 1 amide bonds. The van der Waals surface area contributed by atoms with Crippen LogP contribution in [0.5, 0.6) is 11.5 Å². The fourth-order valence-electron chi connectivity index (χ4n) is 2.38. The van der Waals surface area contributed by atoms with Crippen LogP contribution in [0.3, 0.4) is 0 Å². The molecule has 0 bridgehead atoms. The molecule has 7 heteroatoms. The monoisotopic (exact) mass is 428 g/mol. The number of hydrogen-bond acceptors (Lipinski definition) is 4. The van der Waals surface area contributed by atoms with Gasteiger partial charge in [-0.25, -0.2) is 5.43 Å². The molecule has 5 nitrogen and oxygen atoms in total. The summed E-state index contributed by atoms with van der Waals surface area (Å²) in [5, 5.41) is 4.94. The van der Waals surface area contributed by atoms with Crippen molar-refractivity contribution in [1.29, 1.82) is 0 Å². The van der Waals surface area contributed by atoms with Crippen LogP contribution in [0.4, 0.5) is 0 Å². The van der Waals surface area contributed by atoms with Gasteiger partial charge < -0.3 is 9.47 Å². The van der Waals surface area contributed by atoms with Crippen molar-refractivity contribution in [2.45, 2.75) is 6.61 Å². The van der Waals surface area contributed by atoms with Crippen LogP contribution in [0.2, 0.25) is 10.0 Å². The van der Waals surface area contributed by atoms with E-state index in [1.807, 2.05) is 48.5 Å². The molecule has 0 aliphatic carbocycles. The van der Waals surface area contributed by atoms with Crippen LogP contribution in [-0.2, 0) is 11.4 Å². The molecular weight excluding hydrogens is 411 g/mol. The van der Waals surface area contributed by atoms with E-state index in [1.165, 1.54) is 6.21 Å². The van der Waals surface area contributed by atoms with Gasteiger partial charge in [0.1, 0.15) is 18.1 Å². The number of hydrogen-bond donors (Lipinski definition) is 1. The molecule has 29 heavy (non-hydrogen) atoms. The van der Waals surface area contributed by atoms with Crippen LogP contribution < -0.4 is 14.9 Å². The van der Waals surface area contributed by atoms with E-state index < -0.39 is 0 Å². The molecule has 0 heterocycles. The Kier molecular flexibility index (Phi) is 7.50. The first-order valence-electron chi connectivity index (χ1n) is 8.77. The van der Waals surface area contributed by atoms with Crippen LogP contribution in [0.15, 0.2) is 77.9 Å². The van der Waals surface area contributed by atoms with E-state index >= 15 is 0 Å². The Morgan fingerprint density at radius 3 is 2.48 bits per heavy atom. The number of benzene rings is 3. The van der Waals surface area contributed by atoms with Gasteiger partial charge in [-0.3, -0.25) is 4.79 Å². The summed E-state index contributed by atoms with van der Waals surface area (Å²) in [6, 6.07) is 21.8. The summed E-state index contributed by atoms with van der Waals surface area (Å²) in [4.78, 5) is 11.9. The summed E-state index contributed by atoms with van der Waals surface area (Å²) in [7, 11) is 0. The second-order valence-corrected chi connectivity index (χ2v) is 6.78. The molecule has 3 aromatic rings. The minimum atomic E-state index is -0.362. The van der Waals surface area contributed by atoms with E-state index in [9.17, 15) is 4.79 Å². The number of nitrogens with one attached hydrogen (secondary N) is 1. The molecule has 0 atom stereocenters. The lowest BCUT2D eigenvalue weighted by molar-refractivity contribution is -0.123. The van der Waals surface area contributed by atoms with Gasteiger partial charge in [0, 0.05) is 5.56 Å². The molecule has 0 aromatic heterocycles. The highest BCUT2D eigenvalue weighted by Crippen LogP contribution is 2.24. The summed E-state index contributed by atoms with van der Waals surface area (Å²) in [5.41, 5.74) is 4.04. The molecule has 3 aromatic carbocycles. The van der Waals surface area contributed by atoms with E-state index in [-0.39, 0.29) is 12.5 Å². The highest BCUT2D eigenvalue weighted by molar-refractivity contribution is 6.42. The third kappa shape index (κ3) is 6.52. The van der Waals surface area contributed by atoms with Gasteiger partial charge >= 0.3 is 0 Å². The summed E-state index contributed by atoms with van der Waals surface area (Å²) >= 11 is 12.0. The second kappa shape index (κ2) is 10.5. The number of carbonyl (C=O) groups is 1. The maximum absolute atomic E-state index is 11.9. The van der Waals surface area contributed by atoms with E-state index in [4.69, 9.17) is 32.7 Å². The largest absolute Gasteiger partial charge is 0.488 e. The predicted octanol–water partition coefficient (Wildman–Crippen LogP) is 5.10. The number of para-hydroxylation sites is 2. The molecule has 3 rings (SSSR count). The molecule has 0 saturated carbocycles. The van der Waals surface area contributed by atoms with Crippen molar-refractivity contribution < 1.29 is 14.3 Å². The van der Waals surface area contributed by atoms with Crippen LogP contribution in [0.1, 0.15) is 11.1 Å². The van der Waals surface area contributed by atoms with Crippen LogP contribution in [0, 0.1) is 0 Å². The Morgan fingerprint density at radius 2 is 1.69 bits per heavy atom. The van der Waals surface area contributed by atoms with Gasteiger partial charge in [0.2, 0.25) is 0 Å². The van der Waals surface area contributed by atoms with Crippen molar-refractivity contribution in [3.05, 3.63) is 94.0 Å². The molecule has 0 saturated heterocycles. The van der Waals surface area contributed by atoms with E-state index in [1.54, 1.807) is 24.3 Å². The lowest BCUT2D eigenvalue weighted by Gasteiger charge is -2.09. The third-order valence-corrected chi connectivity index (χ3v) is 4.54. The zero-order chi connectivity index (χ0) is 20.5. The molecule has 0 fully saturated rings. The highest BCUT2D eigenvalue weighted by Gasteiger charge is 2.05. The average Bonchev–Trinajstić information content (AvgIpc) is 2.74. The lowest BCUT2D eigenvalue weighted by atomic mass is 10.2. The number of ether oxygens (including phenoxy) is 2. The molecule has 0 radical (unpaired) electrons. The van der Waals surface area contributed by atoms with Crippen LogP contribution in [-0.4, -0.2) is 18.7 Å².